The molecule has 4 aliphatic rings. The van der Waals surface area contributed by atoms with Crippen molar-refractivity contribution in [2.45, 2.75) is 24.0 Å². The molecule has 2 atom stereocenters. The van der Waals surface area contributed by atoms with Gasteiger partial charge in [0.25, 0.3) is 11.8 Å². The molecule has 0 saturated carbocycles. The van der Waals surface area contributed by atoms with Crippen LogP contribution in [-0.4, -0.2) is 179 Å². The lowest BCUT2D eigenvalue weighted by atomic mass is 10.0. The molecule has 21 heteroatoms. The highest BCUT2D eigenvalue weighted by atomic mass is 127. The summed E-state index contributed by atoms with van der Waals surface area (Å²) in [6.45, 7) is 6.63. The van der Waals surface area contributed by atoms with Gasteiger partial charge in [-0.25, -0.2) is 28.9 Å². The van der Waals surface area contributed by atoms with Crippen molar-refractivity contribution in [2.24, 2.45) is 0 Å². The molecule has 4 saturated heterocycles. The maximum absolute atomic E-state index is 12.4. The van der Waals surface area contributed by atoms with Crippen molar-refractivity contribution in [3.05, 3.63) is 93.3 Å². The fourth-order valence-electron chi connectivity index (χ4n) is 8.22. The third-order valence-corrected chi connectivity index (χ3v) is 12.9. The Morgan fingerprint density at radius 2 is 1.14 bits per heavy atom. The third-order valence-electron chi connectivity index (χ3n) is 12.3. The second-order valence-electron chi connectivity index (χ2n) is 16.9. The molecule has 2 amide bonds. The summed E-state index contributed by atoms with van der Waals surface area (Å²) in [5.74, 6) is 7.55. The molecule has 368 valence electrons. The number of anilines is 2. The predicted octanol–water partition coefficient (Wildman–Crippen LogP) is 2.85. The van der Waals surface area contributed by atoms with E-state index >= 15 is 0 Å². The van der Waals surface area contributed by atoms with E-state index in [1.54, 1.807) is 41.7 Å². The van der Waals surface area contributed by atoms with Crippen molar-refractivity contribution in [2.75, 3.05) is 104 Å². The number of methoxy groups -OCH3 is 2. The fourth-order valence-corrected chi connectivity index (χ4v) is 8.75. The van der Waals surface area contributed by atoms with Gasteiger partial charge in [-0.05, 0) is 83.3 Å². The van der Waals surface area contributed by atoms with Crippen LogP contribution in [0.3, 0.4) is 0 Å². The number of halogens is 1. The lowest BCUT2D eigenvalue weighted by Crippen LogP contribution is -2.37. The molecule has 6 aromatic rings. The van der Waals surface area contributed by atoms with Gasteiger partial charge in [0.2, 0.25) is 11.2 Å². The van der Waals surface area contributed by atoms with Crippen LogP contribution in [-0.2, 0) is 28.5 Å². The largest absolute Gasteiger partial charge is 0.464 e. The first kappa shape index (κ1) is 50.2. The van der Waals surface area contributed by atoms with Gasteiger partial charge in [-0.3, -0.25) is 9.59 Å². The predicted molar refractivity (Wildman–Crippen MR) is 269 cm³/mol. The standard InChI is InChI=1S/C25H25N5O5.C18H17IN4O3.C7H9NO2/c1-28-11-10-25(33,24(28)32)9-8-17-4-3-5-18(16-17)30-22-19(21(27-30)23(31)34-2)6-7-20(26-22)29-12-14-35-15-13-29;1-25-18(24)16-14-5-6-15(22-7-9-26-10-8-22)20-17(14)23(21-16)13-4-2-3-12(19)11-13;1-3-7(10)4-5-8(2)6(7)9/h3-7,16,33H,10-15H2,1-2H3;2-6,11H,7-10H2,1H3;1,10H,4-5H2,2H3/t25-;;7-/m0.0/s1. The molecule has 20 nitrogen and oxygen atoms in total. The second kappa shape index (κ2) is 21.5. The average molecular weight is 1080 g/mol. The molecule has 0 radical (unpaired) electrons. The van der Waals surface area contributed by atoms with E-state index in [2.05, 4.69) is 60.3 Å². The number of rotatable bonds is 6. The molecule has 2 aromatic carbocycles. The summed E-state index contributed by atoms with van der Waals surface area (Å²) in [5.41, 5.74) is 0.434. The van der Waals surface area contributed by atoms with Crippen LogP contribution in [0.25, 0.3) is 33.4 Å². The maximum Gasteiger partial charge on any atom is 0.359 e. The van der Waals surface area contributed by atoms with Gasteiger partial charge in [0.15, 0.2) is 22.7 Å². The number of hydrogen-bond donors (Lipinski definition) is 2. The molecule has 4 aromatic heterocycles. The Balaban J connectivity index is 0.000000164. The zero-order valence-corrected chi connectivity index (χ0v) is 41.7. The number of hydrogen-bond acceptors (Lipinski definition) is 16. The van der Waals surface area contributed by atoms with Gasteiger partial charge in [0, 0.05) is 75.3 Å². The Hall–Kier alpha value is -7.15. The molecule has 8 heterocycles. The van der Waals surface area contributed by atoms with Crippen molar-refractivity contribution in [1.29, 1.82) is 0 Å². The maximum atomic E-state index is 12.4. The van der Waals surface area contributed by atoms with Gasteiger partial charge in [-0.1, -0.05) is 29.9 Å². The number of aromatic nitrogens is 6. The van der Waals surface area contributed by atoms with Crippen LogP contribution in [0, 0.1) is 27.8 Å². The molecular weight excluding hydrogens is 1030 g/mol. The molecule has 2 N–H and O–H groups in total. The van der Waals surface area contributed by atoms with Gasteiger partial charge in [0.1, 0.15) is 11.6 Å². The second-order valence-corrected chi connectivity index (χ2v) is 18.1. The number of carbonyl (C=O) groups is 4. The SMILES string of the molecule is C#C[C@]1(O)CCN(C)C1=O.COC(=O)c1nn(-c2cccc(C#C[C@]3(O)CCN(C)C3=O)c2)c2nc(N3CCOCC3)ccc12.COC(=O)c1nn(-c2cccc(I)c2)c2nc(N3CCOCC3)ccc12. The first-order chi connectivity index (χ1) is 34.2. The van der Waals surface area contributed by atoms with Crippen molar-refractivity contribution in [3.8, 4) is 35.6 Å². The van der Waals surface area contributed by atoms with Gasteiger partial charge >= 0.3 is 11.9 Å². The third kappa shape index (κ3) is 10.6. The Morgan fingerprint density at radius 3 is 1.56 bits per heavy atom. The summed E-state index contributed by atoms with van der Waals surface area (Å²) in [5, 5.41) is 30.2. The number of terminal acetylenes is 1. The van der Waals surface area contributed by atoms with Gasteiger partial charge in [0.05, 0.1) is 62.8 Å². The Kier molecular flexibility index (Phi) is 15.2. The monoisotopic (exact) mass is 1080 g/mol. The normalized spacial score (nSPS) is 19.9. The van der Waals surface area contributed by atoms with Crippen molar-refractivity contribution >= 4 is 80.0 Å². The highest BCUT2D eigenvalue weighted by Crippen LogP contribution is 2.28. The number of benzene rings is 2. The molecular formula is C50H51IN10O10. The van der Waals surface area contributed by atoms with Crippen LogP contribution in [0.15, 0.2) is 72.8 Å². The number of ether oxygens (including phenoxy) is 4. The molecule has 0 spiro atoms. The van der Waals surface area contributed by atoms with Crippen LogP contribution in [0.1, 0.15) is 39.4 Å². The number of carbonyl (C=O) groups excluding carboxylic acids is 4. The quantitative estimate of drug-likeness (QED) is 0.139. The van der Waals surface area contributed by atoms with Crippen LogP contribution < -0.4 is 9.80 Å². The van der Waals surface area contributed by atoms with E-state index in [4.69, 9.17) is 35.3 Å². The number of aliphatic hydroxyl groups is 2. The summed E-state index contributed by atoms with van der Waals surface area (Å²) >= 11 is 2.25. The summed E-state index contributed by atoms with van der Waals surface area (Å²) < 4.78 is 25.0. The number of fused-ring (bicyclic) bond motifs is 2. The highest BCUT2D eigenvalue weighted by molar-refractivity contribution is 14.1. The van der Waals surface area contributed by atoms with Crippen LogP contribution in [0.5, 0.6) is 0 Å². The number of esters is 2. The molecule has 0 unspecified atom stereocenters. The minimum absolute atomic E-state index is 0.161. The Labute approximate surface area is 422 Å². The minimum Gasteiger partial charge on any atom is -0.464 e. The zero-order valence-electron chi connectivity index (χ0n) is 39.5. The fraction of sp³-hybridized carbons (Fsp3) is 0.360. The first-order valence-electron chi connectivity index (χ1n) is 22.6. The smallest absolute Gasteiger partial charge is 0.359 e. The number of likely N-dealkylation sites (tertiary alicyclic amines) is 2. The Morgan fingerprint density at radius 1 is 0.676 bits per heavy atom. The zero-order chi connectivity index (χ0) is 50.5. The van der Waals surface area contributed by atoms with Crippen LogP contribution >= 0.6 is 22.6 Å². The van der Waals surface area contributed by atoms with Gasteiger partial charge < -0.3 is 48.8 Å². The molecule has 0 aliphatic carbocycles. The highest BCUT2D eigenvalue weighted by Gasteiger charge is 2.43. The van der Waals surface area contributed by atoms with Gasteiger partial charge in [-0.2, -0.15) is 10.2 Å². The number of morpholine rings is 2. The molecule has 71 heavy (non-hydrogen) atoms. The number of amides is 2. The number of pyridine rings is 2. The van der Waals surface area contributed by atoms with Crippen molar-refractivity contribution in [1.82, 2.24) is 39.3 Å². The van der Waals surface area contributed by atoms with Crippen molar-refractivity contribution in [3.63, 3.8) is 0 Å². The summed E-state index contributed by atoms with van der Waals surface area (Å²) in [4.78, 5) is 64.6. The summed E-state index contributed by atoms with van der Waals surface area (Å²) in [6, 6.07) is 22.6. The average Bonchev–Trinajstić information content (AvgIpc) is 4.14. The lowest BCUT2D eigenvalue weighted by Gasteiger charge is -2.27. The van der Waals surface area contributed by atoms with E-state index < -0.39 is 29.0 Å². The number of likely N-dealkylation sites (N-methyl/N-ethyl adjacent to an activating group) is 2. The van der Waals surface area contributed by atoms with E-state index in [1.807, 2.05) is 54.6 Å². The number of nitrogens with zero attached hydrogens (tertiary/aromatic N) is 10. The van der Waals surface area contributed by atoms with E-state index in [1.165, 1.54) is 24.0 Å². The topological polar surface area (TPSA) is 220 Å². The summed E-state index contributed by atoms with van der Waals surface area (Å²) in [7, 11) is 5.93. The molecule has 4 aliphatic heterocycles. The Bertz CT molecular complexity index is 3110. The van der Waals surface area contributed by atoms with Crippen molar-refractivity contribution < 1.29 is 48.3 Å². The van der Waals surface area contributed by atoms with E-state index in [-0.39, 0.29) is 23.7 Å². The molecule has 4 fully saturated rings. The van der Waals surface area contributed by atoms with Gasteiger partial charge in [-0.15, -0.1) is 6.42 Å². The van der Waals surface area contributed by atoms with E-state index in [9.17, 15) is 29.4 Å². The van der Waals surface area contributed by atoms with Crippen LogP contribution in [0.4, 0.5) is 11.6 Å². The summed E-state index contributed by atoms with van der Waals surface area (Å²) in [6.07, 6.45) is 5.58. The first-order valence-corrected chi connectivity index (χ1v) is 23.7. The van der Waals surface area contributed by atoms with E-state index in [0.29, 0.717) is 79.3 Å². The lowest BCUT2D eigenvalue weighted by molar-refractivity contribution is -0.138. The molecule has 10 rings (SSSR count). The van der Waals surface area contributed by atoms with E-state index in [0.717, 1.165) is 47.1 Å². The molecule has 0 bridgehead atoms. The minimum atomic E-state index is -1.68. The van der Waals surface area contributed by atoms with Crippen LogP contribution in [0.2, 0.25) is 0 Å².